The van der Waals surface area contributed by atoms with Gasteiger partial charge in [0.1, 0.15) is 12.0 Å². The molecule has 0 unspecified atom stereocenters. The molecule has 0 amide bonds. The number of rotatable bonds is 5. The van der Waals surface area contributed by atoms with Crippen LogP contribution in [0.2, 0.25) is 0 Å². The molecule has 0 aliphatic rings. The quantitative estimate of drug-likeness (QED) is 0.835. The molecule has 0 aliphatic heterocycles. The van der Waals surface area contributed by atoms with E-state index in [4.69, 9.17) is 4.52 Å². The van der Waals surface area contributed by atoms with E-state index in [9.17, 15) is 0 Å². The summed E-state index contributed by atoms with van der Waals surface area (Å²) in [4.78, 5) is 0. The third-order valence-corrected chi connectivity index (χ3v) is 2.70. The van der Waals surface area contributed by atoms with E-state index in [2.05, 4.69) is 17.1 Å². The average Bonchev–Trinajstić information content (AvgIpc) is 3.02. The Morgan fingerprint density at radius 3 is 3.00 bits per heavy atom. The maximum absolute atomic E-state index is 5.13. The van der Waals surface area contributed by atoms with E-state index in [0.717, 1.165) is 22.4 Å². The van der Waals surface area contributed by atoms with E-state index >= 15 is 0 Å². The fraction of sp³-hybridized carbons (Fsp3) is 0.133. The maximum Gasteiger partial charge on any atom is 0.132 e. The number of allylic oxidation sites excluding steroid dienone is 4. The van der Waals surface area contributed by atoms with Crippen LogP contribution in [0, 0.1) is 0 Å². The first kappa shape index (κ1) is 13.0. The second-order valence-corrected chi connectivity index (χ2v) is 4.13. The monoisotopic (exact) mass is 255 g/mol. The molecule has 0 spiro atoms. The lowest BCUT2D eigenvalue weighted by molar-refractivity contribution is 0.418. The maximum atomic E-state index is 5.13. The fourth-order valence-corrected chi connectivity index (χ4v) is 1.83. The molecule has 98 valence electrons. The van der Waals surface area contributed by atoms with Crippen LogP contribution in [0.1, 0.15) is 5.69 Å². The van der Waals surface area contributed by atoms with Gasteiger partial charge in [0.2, 0.25) is 0 Å². The normalized spacial score (nSPS) is 12.0. The number of hydrogen-bond acceptors (Lipinski definition) is 3. The van der Waals surface area contributed by atoms with Gasteiger partial charge in [0.05, 0.1) is 5.56 Å². The van der Waals surface area contributed by atoms with Crippen LogP contribution in [-0.4, -0.2) is 16.8 Å². The van der Waals surface area contributed by atoms with Crippen molar-refractivity contribution in [3.8, 4) is 11.1 Å². The summed E-state index contributed by atoms with van der Waals surface area (Å²) in [7, 11) is 3.84. The van der Waals surface area contributed by atoms with Crippen LogP contribution >= 0.6 is 0 Å². The van der Waals surface area contributed by atoms with Crippen LogP contribution in [-0.2, 0) is 7.05 Å². The first-order valence-corrected chi connectivity index (χ1v) is 6.00. The number of nitrogens with zero attached hydrogens (tertiary/aromatic N) is 2. The second kappa shape index (κ2) is 5.91. The molecule has 4 heteroatoms. The van der Waals surface area contributed by atoms with E-state index in [-0.39, 0.29) is 0 Å². The molecule has 1 N–H and O–H groups in total. The highest BCUT2D eigenvalue weighted by Gasteiger charge is 2.13. The summed E-state index contributed by atoms with van der Waals surface area (Å²) in [5.41, 5.74) is 3.79. The van der Waals surface area contributed by atoms with Crippen molar-refractivity contribution >= 4 is 5.57 Å². The van der Waals surface area contributed by atoms with Gasteiger partial charge in [-0.3, -0.25) is 0 Å². The van der Waals surface area contributed by atoms with E-state index in [1.54, 1.807) is 12.3 Å². The van der Waals surface area contributed by atoms with Crippen molar-refractivity contribution in [2.45, 2.75) is 0 Å². The van der Waals surface area contributed by atoms with Gasteiger partial charge in [-0.1, -0.05) is 30.0 Å². The van der Waals surface area contributed by atoms with E-state index in [1.165, 1.54) is 0 Å². The highest BCUT2D eigenvalue weighted by atomic mass is 16.5. The lowest BCUT2D eigenvalue weighted by Gasteiger charge is -2.01. The molecule has 2 aromatic rings. The minimum absolute atomic E-state index is 0.804. The molecule has 2 aromatic heterocycles. The second-order valence-electron chi connectivity index (χ2n) is 4.13. The van der Waals surface area contributed by atoms with Crippen molar-refractivity contribution < 1.29 is 4.52 Å². The molecule has 0 atom stereocenters. The molecule has 2 heterocycles. The van der Waals surface area contributed by atoms with E-state index < -0.39 is 0 Å². The third kappa shape index (κ3) is 2.85. The van der Waals surface area contributed by atoms with Gasteiger partial charge in [0.15, 0.2) is 0 Å². The Kier molecular flexibility index (Phi) is 4.03. The summed E-state index contributed by atoms with van der Waals surface area (Å²) in [5, 5.41) is 7.11. The predicted octanol–water partition coefficient (Wildman–Crippen LogP) is 2.98. The first-order chi connectivity index (χ1) is 9.26. The summed E-state index contributed by atoms with van der Waals surface area (Å²) >= 11 is 0. The van der Waals surface area contributed by atoms with Crippen LogP contribution in [0.5, 0.6) is 0 Å². The van der Waals surface area contributed by atoms with Crippen LogP contribution < -0.4 is 5.32 Å². The molecule has 0 bridgehead atoms. The van der Waals surface area contributed by atoms with Gasteiger partial charge in [-0.25, -0.2) is 0 Å². The van der Waals surface area contributed by atoms with E-state index in [1.807, 2.05) is 55.5 Å². The smallest absolute Gasteiger partial charge is 0.132 e. The van der Waals surface area contributed by atoms with Gasteiger partial charge in [-0.05, 0) is 6.07 Å². The number of nitrogens with one attached hydrogen (secondary N) is 1. The largest absolute Gasteiger partial charge is 0.393 e. The zero-order valence-electron chi connectivity index (χ0n) is 11.1. The summed E-state index contributed by atoms with van der Waals surface area (Å²) in [6.07, 6.45) is 13.1. The number of hydrogen-bond donors (Lipinski definition) is 1. The Morgan fingerprint density at radius 2 is 2.37 bits per heavy atom. The van der Waals surface area contributed by atoms with Gasteiger partial charge in [0, 0.05) is 43.8 Å². The summed E-state index contributed by atoms with van der Waals surface area (Å²) in [6.45, 7) is 3.68. The zero-order chi connectivity index (χ0) is 13.7. The van der Waals surface area contributed by atoms with Crippen LogP contribution in [0.3, 0.4) is 0 Å². The van der Waals surface area contributed by atoms with Crippen molar-refractivity contribution in [2.24, 2.45) is 7.05 Å². The molecule has 0 saturated carbocycles. The summed E-state index contributed by atoms with van der Waals surface area (Å²) in [5.74, 6) is 0. The third-order valence-electron chi connectivity index (χ3n) is 2.70. The van der Waals surface area contributed by atoms with Crippen molar-refractivity contribution in [3.05, 3.63) is 61.4 Å². The van der Waals surface area contributed by atoms with Crippen LogP contribution in [0.25, 0.3) is 16.7 Å². The average molecular weight is 255 g/mol. The molecule has 0 radical (unpaired) electrons. The lowest BCUT2D eigenvalue weighted by Crippen LogP contribution is -1.96. The first-order valence-electron chi connectivity index (χ1n) is 6.00. The van der Waals surface area contributed by atoms with Crippen LogP contribution in [0.4, 0.5) is 0 Å². The molecular formula is C15H17N3O. The highest BCUT2D eigenvalue weighted by molar-refractivity contribution is 5.82. The van der Waals surface area contributed by atoms with Gasteiger partial charge in [0.25, 0.3) is 0 Å². The van der Waals surface area contributed by atoms with Crippen LogP contribution in [0.15, 0.2) is 60.3 Å². The van der Waals surface area contributed by atoms with Gasteiger partial charge in [-0.2, -0.15) is 0 Å². The summed E-state index contributed by atoms with van der Waals surface area (Å²) in [6, 6.07) is 2.03. The van der Waals surface area contributed by atoms with Crippen molar-refractivity contribution in [1.82, 2.24) is 15.0 Å². The fourth-order valence-electron chi connectivity index (χ4n) is 1.83. The molecule has 0 aliphatic carbocycles. The number of aryl methyl sites for hydroxylation is 1. The molecule has 0 fully saturated rings. The topological polar surface area (TPSA) is 43.0 Å². The molecule has 0 saturated heterocycles. The summed E-state index contributed by atoms with van der Waals surface area (Å²) < 4.78 is 7.12. The minimum atomic E-state index is 0.804. The molecule has 0 aromatic carbocycles. The minimum Gasteiger partial charge on any atom is -0.393 e. The van der Waals surface area contributed by atoms with E-state index in [0.29, 0.717) is 0 Å². The predicted molar refractivity (Wildman–Crippen MR) is 77.3 cm³/mol. The molecule has 2 rings (SSSR count). The van der Waals surface area contributed by atoms with Gasteiger partial charge < -0.3 is 14.4 Å². The van der Waals surface area contributed by atoms with Gasteiger partial charge in [-0.15, -0.1) is 0 Å². The van der Waals surface area contributed by atoms with Crippen molar-refractivity contribution in [1.29, 1.82) is 0 Å². The molecular weight excluding hydrogens is 238 g/mol. The van der Waals surface area contributed by atoms with Crippen molar-refractivity contribution in [3.63, 3.8) is 0 Å². The number of aromatic nitrogens is 2. The standard InChI is InChI=1S/C15H17N3O/c1-4-5-6-12(9-16-2)15-14(11-19-17-15)13-7-8-18(3)10-13/h4-11,16H,1H2,2-3H3/b6-5-,12-9+. The Morgan fingerprint density at radius 1 is 1.53 bits per heavy atom. The Hall–Kier alpha value is -2.49. The molecule has 4 nitrogen and oxygen atoms in total. The Balaban J connectivity index is 2.45. The Bertz CT molecular complexity index is 617. The van der Waals surface area contributed by atoms with Crippen molar-refractivity contribution in [2.75, 3.05) is 7.05 Å². The van der Waals surface area contributed by atoms with Gasteiger partial charge >= 0.3 is 0 Å². The Labute approximate surface area is 112 Å². The lowest BCUT2D eigenvalue weighted by atomic mass is 10.0. The zero-order valence-corrected chi connectivity index (χ0v) is 11.1. The SMILES string of the molecule is C=C/C=C\C(=C/NC)c1nocc1-c1ccn(C)c1. The highest BCUT2D eigenvalue weighted by Crippen LogP contribution is 2.28. The molecule has 19 heavy (non-hydrogen) atoms.